The minimum Gasteiger partial charge on any atom is -0.481 e. The van der Waals surface area contributed by atoms with Gasteiger partial charge in [-0.05, 0) is 23.5 Å². The molecule has 0 radical (unpaired) electrons. The lowest BCUT2D eigenvalue weighted by Crippen LogP contribution is -2.22. The third kappa shape index (κ3) is 4.57. The highest BCUT2D eigenvalue weighted by Crippen LogP contribution is 2.25. The van der Waals surface area contributed by atoms with Crippen LogP contribution >= 0.6 is 0 Å². The summed E-state index contributed by atoms with van der Waals surface area (Å²) in [5, 5.41) is 16.8. The highest BCUT2D eigenvalue weighted by atomic mass is 16.4. The highest BCUT2D eigenvalue weighted by molar-refractivity contribution is 5.77. The first-order valence-electron chi connectivity index (χ1n) is 5.93. The smallest absolute Gasteiger partial charge is 0.307 e. The molecular formula is C14H18O4. The molecule has 1 unspecified atom stereocenters. The van der Waals surface area contributed by atoms with E-state index in [0.29, 0.717) is 0 Å². The second kappa shape index (κ2) is 6.19. The molecule has 0 heterocycles. The van der Waals surface area contributed by atoms with Crippen molar-refractivity contribution in [3.05, 3.63) is 35.4 Å². The number of rotatable bonds is 4. The molecule has 0 aromatic heterocycles. The Morgan fingerprint density at radius 2 is 1.67 bits per heavy atom. The van der Waals surface area contributed by atoms with Crippen molar-refractivity contribution in [3.63, 3.8) is 0 Å². The van der Waals surface area contributed by atoms with Gasteiger partial charge in [-0.1, -0.05) is 38.1 Å². The molecule has 1 atom stereocenters. The Bertz CT molecular complexity index is 416. The second-order valence-electron chi connectivity index (χ2n) is 4.73. The molecule has 1 aromatic carbocycles. The lowest BCUT2D eigenvalue weighted by molar-refractivity contribution is -0.149. The summed E-state index contributed by atoms with van der Waals surface area (Å²) in [5.74, 6) is -3.01. The molecule has 0 spiro atoms. The molecule has 1 aliphatic rings. The van der Waals surface area contributed by atoms with E-state index in [4.69, 9.17) is 10.2 Å². The van der Waals surface area contributed by atoms with Crippen molar-refractivity contribution in [2.75, 3.05) is 0 Å². The number of aliphatic carboxylic acids is 2. The minimum atomic E-state index is -1.06. The monoisotopic (exact) mass is 250 g/mol. The summed E-state index contributed by atoms with van der Waals surface area (Å²) in [6.45, 7) is 3.39. The van der Waals surface area contributed by atoms with Crippen LogP contribution < -0.4 is 0 Å². The fraction of sp³-hybridized carbons (Fsp3) is 0.429. The first-order chi connectivity index (χ1) is 8.41. The molecule has 1 aromatic rings. The van der Waals surface area contributed by atoms with Crippen LogP contribution in [0.2, 0.25) is 0 Å². The minimum absolute atomic E-state index is 0.136. The van der Waals surface area contributed by atoms with E-state index >= 15 is 0 Å². The van der Waals surface area contributed by atoms with Crippen molar-refractivity contribution in [2.24, 2.45) is 11.8 Å². The molecule has 2 N–H and O–H groups in total. The van der Waals surface area contributed by atoms with Crippen LogP contribution in [0.25, 0.3) is 0 Å². The lowest BCUT2D eigenvalue weighted by Gasteiger charge is -2.12. The number of fused-ring (bicyclic) bond motifs is 1. The topological polar surface area (TPSA) is 74.6 Å². The number of benzene rings is 1. The van der Waals surface area contributed by atoms with Crippen LogP contribution in [0.4, 0.5) is 0 Å². The first-order valence-corrected chi connectivity index (χ1v) is 5.93. The zero-order valence-corrected chi connectivity index (χ0v) is 10.6. The van der Waals surface area contributed by atoms with Gasteiger partial charge in [0.1, 0.15) is 0 Å². The Morgan fingerprint density at radius 3 is 1.89 bits per heavy atom. The van der Waals surface area contributed by atoms with E-state index in [1.807, 2.05) is 0 Å². The Kier molecular flexibility index (Phi) is 4.89. The van der Waals surface area contributed by atoms with Gasteiger partial charge >= 0.3 is 11.9 Å². The van der Waals surface area contributed by atoms with Crippen LogP contribution in [-0.2, 0) is 16.0 Å². The van der Waals surface area contributed by atoms with E-state index < -0.39 is 17.9 Å². The molecule has 0 saturated carbocycles. The molecule has 1 aliphatic carbocycles. The maximum atomic E-state index is 10.4. The van der Waals surface area contributed by atoms with Crippen molar-refractivity contribution in [2.45, 2.75) is 26.7 Å². The third-order valence-corrected chi connectivity index (χ3v) is 2.89. The normalized spacial score (nSPS) is 13.1. The summed E-state index contributed by atoms with van der Waals surface area (Å²) < 4.78 is 0. The lowest BCUT2D eigenvalue weighted by atomic mass is 9.93. The average Bonchev–Trinajstić information content (AvgIpc) is 3.04. The average molecular weight is 250 g/mol. The molecule has 18 heavy (non-hydrogen) atoms. The van der Waals surface area contributed by atoms with Gasteiger partial charge in [0.2, 0.25) is 0 Å². The largest absolute Gasteiger partial charge is 0.481 e. The van der Waals surface area contributed by atoms with Gasteiger partial charge in [0.25, 0.3) is 0 Å². The number of carboxylic acid groups (broad SMARTS) is 2. The molecule has 0 bridgehead atoms. The van der Waals surface area contributed by atoms with Gasteiger partial charge in [-0.25, -0.2) is 0 Å². The molecule has 2 rings (SSSR count). The zero-order chi connectivity index (χ0) is 13.7. The second-order valence-corrected chi connectivity index (χ2v) is 4.73. The summed E-state index contributed by atoms with van der Waals surface area (Å²) in [6.07, 6.45) is 0.944. The van der Waals surface area contributed by atoms with E-state index in [1.54, 1.807) is 13.8 Å². The molecule has 98 valence electrons. The van der Waals surface area contributed by atoms with Gasteiger partial charge in [0.15, 0.2) is 0 Å². The standard InChI is InChI=1S/C7H12O4.C7H6/c1-4(2)5(7(10)11)3-6(8)9;1-2-4-7-5-6(7)3-1/h4-5H,3H2,1-2H3,(H,8,9)(H,10,11);1-4H,5H2. The van der Waals surface area contributed by atoms with Gasteiger partial charge in [0, 0.05) is 0 Å². The van der Waals surface area contributed by atoms with Crippen LogP contribution in [0.3, 0.4) is 0 Å². The number of carboxylic acids is 2. The van der Waals surface area contributed by atoms with Crippen molar-refractivity contribution < 1.29 is 19.8 Å². The maximum Gasteiger partial charge on any atom is 0.307 e. The molecule has 0 fully saturated rings. The van der Waals surface area contributed by atoms with Crippen molar-refractivity contribution >= 4 is 11.9 Å². The summed E-state index contributed by atoms with van der Waals surface area (Å²) in [7, 11) is 0. The maximum absolute atomic E-state index is 10.4. The summed E-state index contributed by atoms with van der Waals surface area (Å²) in [6, 6.07) is 8.53. The molecular weight excluding hydrogens is 232 g/mol. The Balaban J connectivity index is 0.000000194. The van der Waals surface area contributed by atoms with Crippen molar-refractivity contribution in [1.82, 2.24) is 0 Å². The predicted molar refractivity (Wildman–Crippen MR) is 67.5 cm³/mol. The zero-order valence-electron chi connectivity index (χ0n) is 10.6. The molecule has 0 amide bonds. The summed E-state index contributed by atoms with van der Waals surface area (Å²) >= 11 is 0. The van der Waals surface area contributed by atoms with Gasteiger partial charge in [-0.2, -0.15) is 0 Å². The van der Waals surface area contributed by atoms with E-state index in [9.17, 15) is 9.59 Å². The molecule has 0 aliphatic heterocycles. The van der Waals surface area contributed by atoms with Crippen LogP contribution in [0.1, 0.15) is 31.4 Å². The molecule has 4 nitrogen and oxygen atoms in total. The third-order valence-electron chi connectivity index (χ3n) is 2.89. The van der Waals surface area contributed by atoms with Gasteiger partial charge in [-0.15, -0.1) is 0 Å². The van der Waals surface area contributed by atoms with Crippen molar-refractivity contribution in [3.8, 4) is 0 Å². The summed E-state index contributed by atoms with van der Waals surface area (Å²) in [4.78, 5) is 20.6. The van der Waals surface area contributed by atoms with Gasteiger partial charge in [0.05, 0.1) is 12.3 Å². The molecule has 4 heteroatoms. The fourth-order valence-electron chi connectivity index (χ4n) is 1.63. The predicted octanol–water partition coefficient (Wildman–Crippen LogP) is 2.41. The van der Waals surface area contributed by atoms with E-state index in [0.717, 1.165) is 0 Å². The Labute approximate surface area is 106 Å². The Hall–Kier alpha value is -1.84. The number of carbonyl (C=O) groups is 2. The van der Waals surface area contributed by atoms with Crippen LogP contribution in [0.15, 0.2) is 24.3 Å². The SMILES string of the molecule is CC(C)C(CC(=O)O)C(=O)O.c1ccc2c(c1)C2. The van der Waals surface area contributed by atoms with Crippen LogP contribution in [0.5, 0.6) is 0 Å². The van der Waals surface area contributed by atoms with Gasteiger partial charge < -0.3 is 10.2 Å². The van der Waals surface area contributed by atoms with E-state index in [2.05, 4.69) is 24.3 Å². The van der Waals surface area contributed by atoms with Crippen LogP contribution in [0, 0.1) is 11.8 Å². The van der Waals surface area contributed by atoms with Gasteiger partial charge in [-0.3, -0.25) is 9.59 Å². The highest BCUT2D eigenvalue weighted by Gasteiger charge is 2.23. The fourth-order valence-corrected chi connectivity index (χ4v) is 1.63. The summed E-state index contributed by atoms with van der Waals surface area (Å²) in [5.41, 5.74) is 3.06. The van der Waals surface area contributed by atoms with E-state index in [1.165, 1.54) is 17.5 Å². The first kappa shape index (κ1) is 14.2. The Morgan fingerprint density at radius 1 is 1.17 bits per heavy atom. The number of hydrogen-bond acceptors (Lipinski definition) is 2. The number of hydrogen-bond donors (Lipinski definition) is 2. The van der Waals surface area contributed by atoms with Crippen LogP contribution in [-0.4, -0.2) is 22.2 Å². The van der Waals surface area contributed by atoms with Crippen molar-refractivity contribution in [1.29, 1.82) is 0 Å². The quantitative estimate of drug-likeness (QED) is 0.873. The molecule has 0 saturated heterocycles. The van der Waals surface area contributed by atoms with E-state index in [-0.39, 0.29) is 12.3 Å².